The fourth-order valence-corrected chi connectivity index (χ4v) is 2.74. The van der Waals surface area contributed by atoms with E-state index in [0.717, 1.165) is 44.0 Å². The minimum Gasteiger partial charge on any atom is -0.337 e. The summed E-state index contributed by atoms with van der Waals surface area (Å²) in [4.78, 5) is 14.6. The van der Waals surface area contributed by atoms with Gasteiger partial charge in [-0.1, -0.05) is 11.6 Å². The molecule has 1 aliphatic heterocycles. The van der Waals surface area contributed by atoms with Gasteiger partial charge >= 0.3 is 0 Å². The number of hydrogen-bond donors (Lipinski definition) is 1. The molecule has 0 spiro atoms. The molecule has 0 saturated carbocycles. The monoisotopic (exact) mass is 318 g/mol. The van der Waals surface area contributed by atoms with E-state index in [1.807, 2.05) is 36.1 Å². The van der Waals surface area contributed by atoms with Crippen LogP contribution in [0.5, 0.6) is 0 Å². The summed E-state index contributed by atoms with van der Waals surface area (Å²) in [5, 5.41) is 8.45. The van der Waals surface area contributed by atoms with Crippen molar-refractivity contribution in [3.05, 3.63) is 46.7 Å². The van der Waals surface area contributed by atoms with E-state index in [4.69, 9.17) is 11.6 Å². The first kappa shape index (κ1) is 15.1. The van der Waals surface area contributed by atoms with Crippen LogP contribution in [-0.2, 0) is 0 Å². The maximum atomic E-state index is 12.7. The van der Waals surface area contributed by atoms with Gasteiger partial charge < -0.3 is 10.2 Å². The van der Waals surface area contributed by atoms with E-state index in [2.05, 4.69) is 10.4 Å². The largest absolute Gasteiger partial charge is 0.337 e. The zero-order valence-corrected chi connectivity index (χ0v) is 13.3. The minimum absolute atomic E-state index is 0.0569. The van der Waals surface area contributed by atoms with Gasteiger partial charge in [0.1, 0.15) is 0 Å². The van der Waals surface area contributed by atoms with Gasteiger partial charge in [0.05, 0.1) is 16.9 Å². The molecule has 0 unspecified atom stereocenters. The molecule has 2 heterocycles. The van der Waals surface area contributed by atoms with Gasteiger partial charge in [0, 0.05) is 30.9 Å². The molecule has 5 nitrogen and oxygen atoms in total. The standard InChI is InChI=1S/C16H19ClN4O/c1-12-15(16(22)20-9-2-7-18-8-10-20)11-21(19-12)14-5-3-13(17)4-6-14/h3-6,11,18H,2,7-10H2,1H3. The molecular weight excluding hydrogens is 300 g/mol. The molecule has 1 aromatic heterocycles. The van der Waals surface area contributed by atoms with Crippen molar-refractivity contribution in [2.45, 2.75) is 13.3 Å². The van der Waals surface area contributed by atoms with Crippen LogP contribution < -0.4 is 5.32 Å². The lowest BCUT2D eigenvalue weighted by Gasteiger charge is -2.19. The summed E-state index contributed by atoms with van der Waals surface area (Å²) in [5.74, 6) is 0.0569. The van der Waals surface area contributed by atoms with Crippen molar-refractivity contribution in [2.24, 2.45) is 0 Å². The number of amides is 1. The maximum Gasteiger partial charge on any atom is 0.257 e. The zero-order chi connectivity index (χ0) is 15.5. The molecule has 2 aromatic rings. The molecule has 0 atom stereocenters. The summed E-state index contributed by atoms with van der Waals surface area (Å²) in [6.45, 7) is 5.21. The van der Waals surface area contributed by atoms with E-state index in [-0.39, 0.29) is 5.91 Å². The van der Waals surface area contributed by atoms with Crippen LogP contribution in [0.1, 0.15) is 22.5 Å². The Labute approximate surface area is 134 Å². The third-order valence-electron chi connectivity index (χ3n) is 3.85. The van der Waals surface area contributed by atoms with Crippen molar-refractivity contribution in [2.75, 3.05) is 26.2 Å². The van der Waals surface area contributed by atoms with E-state index in [1.54, 1.807) is 10.9 Å². The van der Waals surface area contributed by atoms with E-state index in [1.165, 1.54) is 0 Å². The van der Waals surface area contributed by atoms with Crippen LogP contribution in [0.25, 0.3) is 5.69 Å². The Morgan fingerprint density at radius 2 is 2.00 bits per heavy atom. The summed E-state index contributed by atoms with van der Waals surface area (Å²) in [6, 6.07) is 7.41. The Bertz CT molecular complexity index is 657. The molecule has 0 aliphatic carbocycles. The molecule has 1 fully saturated rings. The van der Waals surface area contributed by atoms with Crippen molar-refractivity contribution in [1.82, 2.24) is 20.0 Å². The van der Waals surface area contributed by atoms with Gasteiger partial charge in [0.15, 0.2) is 0 Å². The van der Waals surface area contributed by atoms with Gasteiger partial charge in [0.2, 0.25) is 0 Å². The molecule has 0 bridgehead atoms. The van der Waals surface area contributed by atoms with Crippen molar-refractivity contribution in [1.29, 1.82) is 0 Å². The first-order valence-electron chi connectivity index (χ1n) is 7.47. The highest BCUT2D eigenvalue weighted by atomic mass is 35.5. The van der Waals surface area contributed by atoms with E-state index < -0.39 is 0 Å². The molecule has 22 heavy (non-hydrogen) atoms. The predicted octanol–water partition coefficient (Wildman–Crippen LogP) is 2.27. The number of aromatic nitrogens is 2. The molecule has 3 rings (SSSR count). The highest BCUT2D eigenvalue weighted by Gasteiger charge is 2.21. The smallest absolute Gasteiger partial charge is 0.257 e. The number of aryl methyl sites for hydroxylation is 1. The highest BCUT2D eigenvalue weighted by Crippen LogP contribution is 2.17. The molecule has 0 radical (unpaired) electrons. The second-order valence-electron chi connectivity index (χ2n) is 5.44. The van der Waals surface area contributed by atoms with Crippen LogP contribution in [0, 0.1) is 6.92 Å². The van der Waals surface area contributed by atoms with Crippen LogP contribution in [-0.4, -0.2) is 46.8 Å². The fraction of sp³-hybridized carbons (Fsp3) is 0.375. The number of nitrogens with zero attached hydrogens (tertiary/aromatic N) is 3. The summed E-state index contributed by atoms with van der Waals surface area (Å²) >= 11 is 5.91. The number of benzene rings is 1. The molecular formula is C16H19ClN4O. The molecule has 1 aliphatic rings. The second-order valence-corrected chi connectivity index (χ2v) is 5.88. The molecule has 1 saturated heterocycles. The number of hydrogen-bond acceptors (Lipinski definition) is 3. The van der Waals surface area contributed by atoms with Gasteiger partial charge in [-0.2, -0.15) is 5.10 Å². The highest BCUT2D eigenvalue weighted by molar-refractivity contribution is 6.30. The second kappa shape index (κ2) is 6.50. The Hall–Kier alpha value is -1.85. The number of carbonyl (C=O) groups is 1. The lowest BCUT2D eigenvalue weighted by atomic mass is 10.2. The Balaban J connectivity index is 1.85. The first-order valence-corrected chi connectivity index (χ1v) is 7.85. The van der Waals surface area contributed by atoms with Crippen LogP contribution in [0.2, 0.25) is 5.02 Å². The van der Waals surface area contributed by atoms with Gasteiger partial charge in [-0.3, -0.25) is 4.79 Å². The topological polar surface area (TPSA) is 50.2 Å². The van der Waals surface area contributed by atoms with E-state index in [9.17, 15) is 4.79 Å². The lowest BCUT2D eigenvalue weighted by molar-refractivity contribution is 0.0765. The summed E-state index contributed by atoms with van der Waals surface area (Å²) < 4.78 is 1.73. The van der Waals surface area contributed by atoms with Crippen LogP contribution >= 0.6 is 11.6 Å². The van der Waals surface area contributed by atoms with Crippen molar-refractivity contribution in [3.8, 4) is 5.69 Å². The lowest BCUT2D eigenvalue weighted by Crippen LogP contribution is -2.34. The van der Waals surface area contributed by atoms with Gasteiger partial charge in [-0.05, 0) is 44.2 Å². The van der Waals surface area contributed by atoms with Crippen LogP contribution in [0.3, 0.4) is 0 Å². The average molecular weight is 319 g/mol. The molecule has 116 valence electrons. The maximum absolute atomic E-state index is 12.7. The quantitative estimate of drug-likeness (QED) is 0.924. The summed E-state index contributed by atoms with van der Waals surface area (Å²) in [7, 11) is 0. The molecule has 1 N–H and O–H groups in total. The molecule has 1 aromatic carbocycles. The SMILES string of the molecule is Cc1nn(-c2ccc(Cl)cc2)cc1C(=O)N1CCCNCC1. The zero-order valence-electron chi connectivity index (χ0n) is 12.6. The Kier molecular flexibility index (Phi) is 4.45. The number of rotatable bonds is 2. The minimum atomic E-state index is 0.0569. The summed E-state index contributed by atoms with van der Waals surface area (Å²) in [5.41, 5.74) is 2.30. The Morgan fingerprint density at radius 1 is 1.23 bits per heavy atom. The normalized spacial score (nSPS) is 15.6. The van der Waals surface area contributed by atoms with E-state index >= 15 is 0 Å². The third-order valence-corrected chi connectivity index (χ3v) is 4.10. The van der Waals surface area contributed by atoms with Crippen LogP contribution in [0.15, 0.2) is 30.5 Å². The summed E-state index contributed by atoms with van der Waals surface area (Å²) in [6.07, 6.45) is 2.79. The van der Waals surface area contributed by atoms with Gasteiger partial charge in [-0.25, -0.2) is 4.68 Å². The van der Waals surface area contributed by atoms with Gasteiger partial charge in [-0.15, -0.1) is 0 Å². The number of halogens is 1. The van der Waals surface area contributed by atoms with Gasteiger partial charge in [0.25, 0.3) is 5.91 Å². The molecule has 1 amide bonds. The number of nitrogens with one attached hydrogen (secondary N) is 1. The Morgan fingerprint density at radius 3 is 2.77 bits per heavy atom. The number of carbonyl (C=O) groups excluding carboxylic acids is 1. The fourth-order valence-electron chi connectivity index (χ4n) is 2.62. The predicted molar refractivity (Wildman–Crippen MR) is 86.7 cm³/mol. The van der Waals surface area contributed by atoms with E-state index in [0.29, 0.717) is 10.6 Å². The molecule has 6 heteroatoms. The first-order chi connectivity index (χ1) is 10.6. The average Bonchev–Trinajstić information content (AvgIpc) is 2.74. The van der Waals surface area contributed by atoms with Crippen molar-refractivity contribution in [3.63, 3.8) is 0 Å². The van der Waals surface area contributed by atoms with Crippen LogP contribution in [0.4, 0.5) is 0 Å². The van der Waals surface area contributed by atoms with Crippen molar-refractivity contribution < 1.29 is 4.79 Å². The van der Waals surface area contributed by atoms with Crippen molar-refractivity contribution >= 4 is 17.5 Å². The third kappa shape index (κ3) is 3.15.